The number of hydrogen-bond donors (Lipinski definition) is 0. The maximum atomic E-state index is 3.81. The molecule has 0 aliphatic heterocycles. The normalized spacial score (nSPS) is 11.1. The monoisotopic (exact) mass is 1040 g/mol. The Bertz CT molecular complexity index is 3130. The van der Waals surface area contributed by atoms with E-state index in [1.165, 1.54) is 122 Å². The van der Waals surface area contributed by atoms with Crippen molar-refractivity contribution in [1.82, 2.24) is 0 Å². The van der Waals surface area contributed by atoms with Crippen LogP contribution in [0.4, 0.5) is 0 Å². The Morgan fingerprint density at radius 2 is 0.500 bits per heavy atom. The maximum absolute atomic E-state index is 3.81. The fraction of sp³-hybridized carbons (Fsp3) is 0.343. The molecule has 0 bridgehead atoms. The minimum absolute atomic E-state index is 1.03. The highest BCUT2D eigenvalue weighted by Crippen LogP contribution is 2.40. The standard InChI is InChI=1S/C70H70S4/c1-5-9-13-17-25-51-33-37-55(71-51)41-45-63-59-29-21-22-30-60(59)64(46-42-56-38-34-52(72-56)26-18-14-10-6-2)68-50-70-66(48-44-58-40-36-54(74-58)28-20-16-12-8-4)62-32-24-23-31-61(62)65(69(70)49-67(63)68)47-43-57-39-35-53(73-57)27-19-15-11-7-3/h21-24,29-40,49-50H,5-20,25-28H2,1-4H3. The largest absolute Gasteiger partial charge is 0.132 e. The first-order valence-electron chi connectivity index (χ1n) is 27.8. The summed E-state index contributed by atoms with van der Waals surface area (Å²) in [5, 5.41) is 8.88. The topological polar surface area (TPSA) is 0 Å². The summed E-state index contributed by atoms with van der Waals surface area (Å²) >= 11 is 7.38. The maximum Gasteiger partial charge on any atom is 0.0775 e. The Hall–Kier alpha value is -5.82. The van der Waals surface area contributed by atoms with E-state index in [2.05, 4.69) is 184 Å². The highest BCUT2D eigenvalue weighted by Gasteiger charge is 2.19. The molecule has 374 valence electrons. The Balaban J connectivity index is 1.26. The van der Waals surface area contributed by atoms with Crippen molar-refractivity contribution in [2.24, 2.45) is 0 Å². The molecule has 0 atom stereocenters. The number of benzene rings is 5. The first-order chi connectivity index (χ1) is 36.5. The van der Waals surface area contributed by atoms with E-state index in [1.807, 2.05) is 45.3 Å². The molecule has 9 aromatic rings. The molecule has 9 rings (SSSR count). The number of aryl methyl sites for hydroxylation is 4. The molecular formula is C70H70S4. The van der Waals surface area contributed by atoms with Crippen LogP contribution in [0.1, 0.15) is 192 Å². The number of rotatable bonds is 20. The number of unbranched alkanes of at least 4 members (excludes halogenated alkanes) is 12. The predicted molar refractivity (Wildman–Crippen MR) is 329 cm³/mol. The third-order valence-electron chi connectivity index (χ3n) is 14.2. The van der Waals surface area contributed by atoms with Gasteiger partial charge >= 0.3 is 0 Å². The second kappa shape index (κ2) is 27.1. The van der Waals surface area contributed by atoms with Crippen molar-refractivity contribution in [2.75, 3.05) is 0 Å². The van der Waals surface area contributed by atoms with E-state index in [1.54, 1.807) is 0 Å². The molecule has 0 radical (unpaired) electrons. The summed E-state index contributed by atoms with van der Waals surface area (Å²) in [5.41, 5.74) is 4.12. The van der Waals surface area contributed by atoms with E-state index in [0.29, 0.717) is 0 Å². The van der Waals surface area contributed by atoms with Crippen molar-refractivity contribution in [1.29, 1.82) is 0 Å². The molecule has 5 aromatic carbocycles. The minimum Gasteiger partial charge on any atom is -0.132 e. The summed E-state index contributed by atoms with van der Waals surface area (Å²) in [5.74, 6) is 30.0. The fourth-order valence-electron chi connectivity index (χ4n) is 10.1. The molecule has 74 heavy (non-hydrogen) atoms. The van der Waals surface area contributed by atoms with Gasteiger partial charge in [0.05, 0.1) is 19.5 Å². The Labute approximate surface area is 459 Å². The van der Waals surface area contributed by atoms with Gasteiger partial charge in [0.25, 0.3) is 0 Å². The zero-order valence-corrected chi connectivity index (χ0v) is 47.4. The lowest BCUT2D eigenvalue weighted by Gasteiger charge is -2.16. The van der Waals surface area contributed by atoms with Crippen molar-refractivity contribution >= 4 is 88.4 Å². The van der Waals surface area contributed by atoms with Crippen LogP contribution in [0.3, 0.4) is 0 Å². The van der Waals surface area contributed by atoms with Crippen molar-refractivity contribution in [3.05, 3.63) is 170 Å². The summed E-state index contributed by atoms with van der Waals surface area (Å²) in [7, 11) is 0. The lowest BCUT2D eigenvalue weighted by molar-refractivity contribution is 0.670. The fourth-order valence-corrected chi connectivity index (χ4v) is 13.7. The summed E-state index contributed by atoms with van der Waals surface area (Å²) < 4.78 is 0. The smallest absolute Gasteiger partial charge is 0.0775 e. The van der Waals surface area contributed by atoms with Gasteiger partial charge in [0.1, 0.15) is 0 Å². The molecule has 4 aromatic heterocycles. The third kappa shape index (κ3) is 13.5. The van der Waals surface area contributed by atoms with Crippen LogP contribution in [0.2, 0.25) is 0 Å². The van der Waals surface area contributed by atoms with Crippen molar-refractivity contribution in [2.45, 2.75) is 156 Å². The van der Waals surface area contributed by atoms with E-state index in [9.17, 15) is 0 Å². The lowest BCUT2D eigenvalue weighted by atomic mass is 9.86. The van der Waals surface area contributed by atoms with Gasteiger partial charge in [-0.1, -0.05) is 201 Å². The second-order valence-electron chi connectivity index (χ2n) is 19.8. The molecule has 0 aliphatic rings. The third-order valence-corrected chi connectivity index (χ3v) is 18.4. The SMILES string of the molecule is CCCCCCc1ccc(C#Cc2c3ccccc3c(C#Cc3ccc(CCCCCC)s3)c3cc4c(C#Cc5ccc(CCCCCC)s5)c5ccccc5c(C#Cc5ccc(CCCCCC)s5)c4cc23)s1. The van der Waals surface area contributed by atoms with E-state index >= 15 is 0 Å². The molecule has 4 heteroatoms. The Kier molecular flexibility index (Phi) is 19.4. The van der Waals surface area contributed by atoms with Crippen LogP contribution in [0.5, 0.6) is 0 Å². The lowest BCUT2D eigenvalue weighted by Crippen LogP contribution is -1.95. The Morgan fingerprint density at radius 3 is 0.730 bits per heavy atom. The molecule has 0 amide bonds. The summed E-state index contributed by atoms with van der Waals surface area (Å²) in [4.78, 5) is 10.1. The Morgan fingerprint density at radius 1 is 0.257 bits per heavy atom. The van der Waals surface area contributed by atoms with Crippen LogP contribution >= 0.6 is 45.3 Å². The van der Waals surface area contributed by atoms with Crippen LogP contribution in [0.15, 0.2) is 109 Å². The molecule has 0 nitrogen and oxygen atoms in total. The quantitative estimate of drug-likeness (QED) is 0.0405. The van der Waals surface area contributed by atoms with Gasteiger partial charge in [0.15, 0.2) is 0 Å². The molecule has 0 unspecified atom stereocenters. The van der Waals surface area contributed by atoms with Crippen molar-refractivity contribution in [3.8, 4) is 47.4 Å². The second-order valence-corrected chi connectivity index (χ2v) is 24.5. The van der Waals surface area contributed by atoms with E-state index in [-0.39, 0.29) is 0 Å². The molecule has 0 fully saturated rings. The van der Waals surface area contributed by atoms with Gasteiger partial charge in [0, 0.05) is 41.8 Å². The molecule has 0 aliphatic carbocycles. The van der Waals surface area contributed by atoms with Gasteiger partial charge in [0.2, 0.25) is 0 Å². The molecule has 0 N–H and O–H groups in total. The van der Waals surface area contributed by atoms with Gasteiger partial charge < -0.3 is 0 Å². The highest BCUT2D eigenvalue weighted by molar-refractivity contribution is 7.13. The van der Waals surface area contributed by atoms with Gasteiger partial charge in [-0.25, -0.2) is 0 Å². The van der Waals surface area contributed by atoms with E-state index < -0.39 is 0 Å². The average Bonchev–Trinajstić information content (AvgIpc) is 4.29. The van der Waals surface area contributed by atoms with Gasteiger partial charge in [-0.05, 0) is 155 Å². The van der Waals surface area contributed by atoms with Crippen LogP contribution in [-0.2, 0) is 25.7 Å². The number of fused-ring (bicyclic) bond motifs is 4. The van der Waals surface area contributed by atoms with E-state index in [4.69, 9.17) is 0 Å². The summed E-state index contributed by atoms with van der Waals surface area (Å²) in [6.07, 6.45) is 24.6. The van der Waals surface area contributed by atoms with Gasteiger partial charge in [-0.2, -0.15) is 0 Å². The van der Waals surface area contributed by atoms with Crippen LogP contribution in [-0.4, -0.2) is 0 Å². The van der Waals surface area contributed by atoms with Crippen molar-refractivity contribution in [3.63, 3.8) is 0 Å². The van der Waals surface area contributed by atoms with Crippen LogP contribution in [0.25, 0.3) is 43.1 Å². The first kappa shape index (κ1) is 53.0. The van der Waals surface area contributed by atoms with Gasteiger partial charge in [-0.3, -0.25) is 0 Å². The summed E-state index contributed by atoms with van der Waals surface area (Å²) in [6.45, 7) is 9.11. The minimum atomic E-state index is 1.03. The molecular weight excluding hydrogens is 969 g/mol. The van der Waals surface area contributed by atoms with Crippen LogP contribution in [0, 0.1) is 47.4 Å². The molecule has 0 saturated heterocycles. The summed E-state index contributed by atoms with van der Waals surface area (Å²) in [6, 6.07) is 40.4. The van der Waals surface area contributed by atoms with E-state index in [0.717, 1.165) is 111 Å². The number of thiophene rings is 4. The zero-order valence-electron chi connectivity index (χ0n) is 44.2. The van der Waals surface area contributed by atoms with Crippen LogP contribution < -0.4 is 0 Å². The van der Waals surface area contributed by atoms with Gasteiger partial charge in [-0.15, -0.1) is 45.3 Å². The average molecular weight is 1040 g/mol. The zero-order chi connectivity index (χ0) is 50.9. The molecule has 4 heterocycles. The van der Waals surface area contributed by atoms with Crippen molar-refractivity contribution < 1.29 is 0 Å². The molecule has 0 saturated carbocycles. The number of hydrogen-bond acceptors (Lipinski definition) is 4. The molecule has 0 spiro atoms. The first-order valence-corrected chi connectivity index (χ1v) is 31.1. The predicted octanol–water partition coefficient (Wildman–Crippen LogP) is 20.6. The highest BCUT2D eigenvalue weighted by atomic mass is 32.1.